The van der Waals surface area contributed by atoms with Gasteiger partial charge in [-0.05, 0) is 42.7 Å². The lowest BCUT2D eigenvalue weighted by Gasteiger charge is -2.07. The molecule has 1 aromatic heterocycles. The van der Waals surface area contributed by atoms with Crippen LogP contribution >= 0.6 is 0 Å². The summed E-state index contributed by atoms with van der Waals surface area (Å²) in [4.78, 5) is 21.7. The maximum atomic E-state index is 12.7. The van der Waals surface area contributed by atoms with Gasteiger partial charge in [0.2, 0.25) is 0 Å². The smallest absolute Gasteiger partial charge is 0.434 e. The zero-order valence-corrected chi connectivity index (χ0v) is 16.6. The predicted molar refractivity (Wildman–Crippen MR) is 107 cm³/mol. The minimum absolute atomic E-state index is 0.110. The number of aryl methyl sites for hydroxylation is 1. The summed E-state index contributed by atoms with van der Waals surface area (Å²) in [5.41, 5.74) is 0.495. The normalized spacial score (nSPS) is 11.2. The van der Waals surface area contributed by atoms with Crippen LogP contribution in [0.15, 0.2) is 60.9 Å². The number of carbonyl (C=O) groups is 1. The molecule has 32 heavy (non-hydrogen) atoms. The topological polar surface area (TPSA) is 96.5 Å². The van der Waals surface area contributed by atoms with Crippen LogP contribution in [0, 0.1) is 10.1 Å². The first-order valence-electron chi connectivity index (χ1n) is 9.51. The highest BCUT2D eigenvalue weighted by Crippen LogP contribution is 2.30. The van der Waals surface area contributed by atoms with Gasteiger partial charge in [0, 0.05) is 30.4 Å². The molecule has 0 atom stereocenters. The molecule has 168 valence electrons. The van der Waals surface area contributed by atoms with Gasteiger partial charge in [0.05, 0.1) is 23.3 Å². The molecule has 3 aromatic rings. The fraction of sp³-hybridized carbons (Fsp3) is 0.238. The van der Waals surface area contributed by atoms with Gasteiger partial charge in [0.25, 0.3) is 5.69 Å². The van der Waals surface area contributed by atoms with Crippen LogP contribution in [0.5, 0.6) is 5.75 Å². The van der Waals surface area contributed by atoms with Crippen LogP contribution in [-0.4, -0.2) is 27.5 Å². The van der Waals surface area contributed by atoms with Crippen LogP contribution < -0.4 is 4.74 Å². The van der Waals surface area contributed by atoms with Crippen molar-refractivity contribution in [2.75, 3.05) is 6.61 Å². The Hall–Kier alpha value is -3.89. The highest BCUT2D eigenvalue weighted by Gasteiger charge is 2.30. The minimum atomic E-state index is -4.38. The van der Waals surface area contributed by atoms with Crippen molar-refractivity contribution < 1.29 is 32.4 Å². The first-order chi connectivity index (χ1) is 15.2. The Labute approximate surface area is 180 Å². The van der Waals surface area contributed by atoms with Gasteiger partial charge in [0.15, 0.2) is 0 Å². The van der Waals surface area contributed by atoms with Crippen molar-refractivity contribution in [3.05, 3.63) is 76.6 Å². The number of halogens is 3. The van der Waals surface area contributed by atoms with E-state index in [1.54, 1.807) is 17.1 Å². The van der Waals surface area contributed by atoms with Gasteiger partial charge in [-0.25, -0.2) is 4.79 Å². The minimum Gasteiger partial charge on any atom is -0.434 e. The quantitative estimate of drug-likeness (QED) is 0.149. The predicted octanol–water partition coefficient (Wildman–Crippen LogP) is 5.47. The van der Waals surface area contributed by atoms with Crippen LogP contribution in [-0.2, 0) is 17.5 Å². The van der Waals surface area contributed by atoms with Crippen molar-refractivity contribution in [1.82, 2.24) is 9.78 Å². The number of ether oxygens (including phenoxy) is 2. The fourth-order valence-electron chi connectivity index (χ4n) is 2.78. The van der Waals surface area contributed by atoms with Crippen molar-refractivity contribution in [3.63, 3.8) is 0 Å². The zero-order valence-electron chi connectivity index (χ0n) is 16.6. The van der Waals surface area contributed by atoms with E-state index < -0.39 is 22.8 Å². The summed E-state index contributed by atoms with van der Waals surface area (Å²) < 4.78 is 49.5. The molecule has 0 N–H and O–H groups in total. The Morgan fingerprint density at radius 2 is 1.72 bits per heavy atom. The van der Waals surface area contributed by atoms with Gasteiger partial charge < -0.3 is 9.47 Å². The summed E-state index contributed by atoms with van der Waals surface area (Å²) in [5, 5.41) is 14.8. The molecule has 0 aliphatic rings. The number of hydrogen-bond acceptors (Lipinski definition) is 6. The lowest BCUT2D eigenvalue weighted by atomic mass is 10.1. The molecule has 0 saturated carbocycles. The number of rotatable bonds is 8. The van der Waals surface area contributed by atoms with E-state index in [1.807, 2.05) is 0 Å². The van der Waals surface area contributed by atoms with Crippen molar-refractivity contribution in [3.8, 4) is 16.9 Å². The molecule has 8 nitrogen and oxygen atoms in total. The van der Waals surface area contributed by atoms with Crippen LogP contribution in [0.1, 0.15) is 18.4 Å². The van der Waals surface area contributed by atoms with E-state index in [1.165, 1.54) is 36.4 Å². The number of nitro benzene ring substituents is 1. The van der Waals surface area contributed by atoms with Crippen LogP contribution in [0.2, 0.25) is 0 Å². The number of carbonyl (C=O) groups excluding carboxylic acids is 1. The maximum Gasteiger partial charge on any atom is 0.513 e. The number of alkyl halides is 3. The van der Waals surface area contributed by atoms with Crippen LogP contribution in [0.3, 0.4) is 0 Å². The molecule has 0 aliphatic carbocycles. The molecule has 0 bridgehead atoms. The second-order valence-electron chi connectivity index (χ2n) is 6.73. The summed E-state index contributed by atoms with van der Waals surface area (Å²) in [6, 6.07) is 9.87. The third kappa shape index (κ3) is 6.30. The molecule has 0 saturated heterocycles. The average molecular weight is 449 g/mol. The number of nitro groups is 1. The second kappa shape index (κ2) is 9.94. The second-order valence-corrected chi connectivity index (χ2v) is 6.73. The summed E-state index contributed by atoms with van der Waals surface area (Å²) in [5.74, 6) is 0.132. The highest BCUT2D eigenvalue weighted by molar-refractivity contribution is 5.64. The van der Waals surface area contributed by atoms with E-state index in [4.69, 9.17) is 9.47 Å². The average Bonchev–Trinajstić information content (AvgIpc) is 3.22. The summed E-state index contributed by atoms with van der Waals surface area (Å²) >= 11 is 0. The lowest BCUT2D eigenvalue weighted by Crippen LogP contribution is -2.12. The summed E-state index contributed by atoms with van der Waals surface area (Å²) in [6.45, 7) is 0.639. The van der Waals surface area contributed by atoms with Crippen LogP contribution in [0.25, 0.3) is 11.1 Å². The molecule has 3 rings (SSSR count). The molecule has 0 fully saturated rings. The van der Waals surface area contributed by atoms with E-state index in [2.05, 4.69) is 5.10 Å². The molecule has 0 spiro atoms. The third-order valence-electron chi connectivity index (χ3n) is 4.43. The molecule has 1 heterocycles. The number of unbranched alkanes of at least 4 members (excludes halogenated alkanes) is 1. The Bertz CT molecular complexity index is 1060. The van der Waals surface area contributed by atoms with Gasteiger partial charge in [-0.3, -0.25) is 14.8 Å². The van der Waals surface area contributed by atoms with E-state index >= 15 is 0 Å². The summed E-state index contributed by atoms with van der Waals surface area (Å²) in [7, 11) is 0. The number of nitrogens with zero attached hydrogens (tertiary/aromatic N) is 3. The molecule has 0 aliphatic heterocycles. The third-order valence-corrected chi connectivity index (χ3v) is 4.43. The fourth-order valence-corrected chi connectivity index (χ4v) is 2.78. The first kappa shape index (κ1) is 22.8. The summed E-state index contributed by atoms with van der Waals surface area (Å²) in [6.07, 6.45) is -0.821. The van der Waals surface area contributed by atoms with Gasteiger partial charge in [0.1, 0.15) is 5.75 Å². The highest BCUT2D eigenvalue weighted by atomic mass is 19.4. The van der Waals surface area contributed by atoms with E-state index in [-0.39, 0.29) is 18.0 Å². The molecule has 2 aromatic carbocycles. The number of non-ortho nitro benzene ring substituents is 1. The molecule has 0 radical (unpaired) electrons. The Morgan fingerprint density at radius 1 is 1.03 bits per heavy atom. The standard InChI is InChI=1S/C21H18F3N3O5/c22-21(23,24)17-5-3-15(4-6-17)16-13-25-26(14-16)11-1-2-12-31-20(28)32-19-9-7-18(8-10-19)27(29)30/h3-10,13-14H,1-2,11-12H2. The van der Waals surface area contributed by atoms with Crippen molar-refractivity contribution in [2.45, 2.75) is 25.6 Å². The van der Waals surface area contributed by atoms with Gasteiger partial charge in [-0.1, -0.05) is 12.1 Å². The molecule has 11 heteroatoms. The molecular formula is C21H18F3N3O5. The van der Waals surface area contributed by atoms with Crippen molar-refractivity contribution in [2.24, 2.45) is 0 Å². The largest absolute Gasteiger partial charge is 0.513 e. The number of hydrogen-bond donors (Lipinski definition) is 0. The first-order valence-corrected chi connectivity index (χ1v) is 9.51. The SMILES string of the molecule is O=C(OCCCCn1cc(-c2ccc(C(F)(F)F)cc2)cn1)Oc1ccc([N+](=O)[O-])cc1. The lowest BCUT2D eigenvalue weighted by molar-refractivity contribution is -0.384. The molecular weight excluding hydrogens is 431 g/mol. The van der Waals surface area contributed by atoms with Gasteiger partial charge in [-0.15, -0.1) is 0 Å². The van der Waals surface area contributed by atoms with E-state index in [9.17, 15) is 28.1 Å². The van der Waals surface area contributed by atoms with Crippen molar-refractivity contribution in [1.29, 1.82) is 0 Å². The molecule has 0 unspecified atom stereocenters. The zero-order chi connectivity index (χ0) is 23.1. The van der Waals surface area contributed by atoms with Crippen molar-refractivity contribution >= 4 is 11.8 Å². The van der Waals surface area contributed by atoms with Crippen LogP contribution in [0.4, 0.5) is 23.7 Å². The van der Waals surface area contributed by atoms with Gasteiger partial charge >= 0.3 is 12.3 Å². The Balaban J connectivity index is 1.38. The maximum absolute atomic E-state index is 12.7. The van der Waals surface area contributed by atoms with E-state index in [0.717, 1.165) is 12.1 Å². The Morgan fingerprint density at radius 3 is 2.34 bits per heavy atom. The van der Waals surface area contributed by atoms with Gasteiger partial charge in [-0.2, -0.15) is 18.3 Å². The molecule has 0 amide bonds. The van der Waals surface area contributed by atoms with E-state index in [0.29, 0.717) is 30.5 Å². The number of benzene rings is 2. The Kier molecular flexibility index (Phi) is 7.08. The number of aromatic nitrogens is 2. The monoisotopic (exact) mass is 449 g/mol.